The molecule has 7 heteroatoms. The molecule has 1 aromatic rings. The number of carbonyl (C=O) groups is 1. The lowest BCUT2D eigenvalue weighted by Gasteiger charge is -2.07. The zero-order valence-electron chi connectivity index (χ0n) is 9.60. The summed E-state index contributed by atoms with van der Waals surface area (Å²) >= 11 is 0. The zero-order valence-corrected chi connectivity index (χ0v) is 9.60. The minimum Gasteiger partial charge on any atom is -0.469 e. The van der Waals surface area contributed by atoms with Crippen molar-refractivity contribution in [3.05, 3.63) is 27.9 Å². The average Bonchev–Trinajstić information content (AvgIpc) is 2.30. The Morgan fingerprint density at radius 3 is 2.88 bits per heavy atom. The van der Waals surface area contributed by atoms with Crippen molar-refractivity contribution < 1.29 is 14.5 Å². The lowest BCUT2D eigenvalue weighted by Crippen LogP contribution is -2.11. The van der Waals surface area contributed by atoms with Crippen LogP contribution in [-0.4, -0.2) is 29.5 Å². The Labute approximate surface area is 98.0 Å². The van der Waals surface area contributed by atoms with E-state index >= 15 is 0 Å². The van der Waals surface area contributed by atoms with Gasteiger partial charge < -0.3 is 10.1 Å². The summed E-state index contributed by atoms with van der Waals surface area (Å²) in [7, 11) is 1.32. The molecule has 0 fully saturated rings. The van der Waals surface area contributed by atoms with Crippen molar-refractivity contribution in [2.45, 2.75) is 13.3 Å². The summed E-state index contributed by atoms with van der Waals surface area (Å²) in [6.45, 7) is 2.08. The molecule has 0 spiro atoms. The van der Waals surface area contributed by atoms with E-state index in [9.17, 15) is 14.9 Å². The molecule has 1 N–H and O–H groups in total. The maximum atomic E-state index is 10.9. The summed E-state index contributed by atoms with van der Waals surface area (Å²) in [5.74, 6) is 0.205. The largest absolute Gasteiger partial charge is 0.469 e. The van der Waals surface area contributed by atoms with E-state index in [0.717, 1.165) is 0 Å². The molecule has 0 saturated heterocycles. The number of nitrogens with zero attached hydrogens (tertiary/aromatic N) is 2. The molecule has 92 valence electrons. The van der Waals surface area contributed by atoms with Crippen molar-refractivity contribution >= 4 is 17.5 Å². The zero-order chi connectivity index (χ0) is 12.8. The molecule has 0 saturated carbocycles. The van der Waals surface area contributed by atoms with Crippen molar-refractivity contribution in [2.24, 2.45) is 0 Å². The molecule has 0 aliphatic heterocycles. The molecule has 17 heavy (non-hydrogen) atoms. The number of methoxy groups -OCH3 is 1. The molecule has 1 aromatic heterocycles. The number of aromatic nitrogens is 1. The second kappa shape index (κ2) is 5.78. The second-order valence-corrected chi connectivity index (χ2v) is 3.37. The van der Waals surface area contributed by atoms with Crippen molar-refractivity contribution in [3.63, 3.8) is 0 Å². The fraction of sp³-hybridized carbons (Fsp3) is 0.400. The fourth-order valence-corrected chi connectivity index (χ4v) is 1.23. The number of hydrogen-bond acceptors (Lipinski definition) is 6. The van der Waals surface area contributed by atoms with Gasteiger partial charge in [0.05, 0.1) is 18.5 Å². The number of carbonyl (C=O) groups excluding carboxylic acids is 1. The highest BCUT2D eigenvalue weighted by atomic mass is 16.6. The molecule has 0 unspecified atom stereocenters. The molecule has 7 nitrogen and oxygen atoms in total. The first-order chi connectivity index (χ1) is 8.04. The number of aryl methyl sites for hydroxylation is 1. The Morgan fingerprint density at radius 2 is 2.35 bits per heavy atom. The molecular formula is C10H13N3O4. The van der Waals surface area contributed by atoms with E-state index in [1.807, 2.05) is 0 Å². The number of ether oxygens (including phenoxy) is 1. The first kappa shape index (κ1) is 12.9. The molecule has 0 aromatic carbocycles. The number of anilines is 1. The number of rotatable bonds is 5. The lowest BCUT2D eigenvalue weighted by atomic mass is 10.2. The molecule has 1 heterocycles. The van der Waals surface area contributed by atoms with Crippen LogP contribution < -0.4 is 5.32 Å². The van der Waals surface area contributed by atoms with Gasteiger partial charge in [-0.1, -0.05) is 0 Å². The molecule has 0 aliphatic carbocycles. The van der Waals surface area contributed by atoms with Crippen molar-refractivity contribution in [1.29, 1.82) is 0 Å². The van der Waals surface area contributed by atoms with Gasteiger partial charge >= 0.3 is 5.97 Å². The van der Waals surface area contributed by atoms with E-state index < -0.39 is 4.92 Å². The van der Waals surface area contributed by atoms with Crippen molar-refractivity contribution in [1.82, 2.24) is 4.98 Å². The van der Waals surface area contributed by atoms with Gasteiger partial charge in [-0.25, -0.2) is 4.98 Å². The smallest absolute Gasteiger partial charge is 0.307 e. The fourth-order valence-electron chi connectivity index (χ4n) is 1.23. The Kier molecular flexibility index (Phi) is 4.38. The van der Waals surface area contributed by atoms with Crippen LogP contribution in [0.25, 0.3) is 0 Å². The van der Waals surface area contributed by atoms with Gasteiger partial charge in [0.1, 0.15) is 12.0 Å². The Balaban J connectivity index is 2.60. The summed E-state index contributed by atoms with van der Waals surface area (Å²) in [5, 5.41) is 13.4. The van der Waals surface area contributed by atoms with Crippen LogP contribution in [0.15, 0.2) is 12.3 Å². The first-order valence-electron chi connectivity index (χ1n) is 4.96. The van der Waals surface area contributed by atoms with Gasteiger partial charge in [0, 0.05) is 12.6 Å². The quantitative estimate of drug-likeness (QED) is 0.472. The van der Waals surface area contributed by atoms with E-state index in [1.165, 1.54) is 19.4 Å². The summed E-state index contributed by atoms with van der Waals surface area (Å²) < 4.78 is 4.48. The second-order valence-electron chi connectivity index (χ2n) is 3.37. The van der Waals surface area contributed by atoms with E-state index in [2.05, 4.69) is 15.0 Å². The summed E-state index contributed by atoms with van der Waals surface area (Å²) in [6.07, 6.45) is 1.39. The highest BCUT2D eigenvalue weighted by molar-refractivity contribution is 5.69. The van der Waals surface area contributed by atoms with Gasteiger partial charge in [-0.15, -0.1) is 0 Å². The molecule has 1 rings (SSSR count). The topological polar surface area (TPSA) is 94.4 Å². The number of hydrogen-bond donors (Lipinski definition) is 1. The molecule has 0 aliphatic rings. The van der Waals surface area contributed by atoms with E-state index in [-0.39, 0.29) is 18.1 Å². The first-order valence-corrected chi connectivity index (χ1v) is 4.96. The molecular weight excluding hydrogens is 226 g/mol. The van der Waals surface area contributed by atoms with Crippen molar-refractivity contribution in [3.8, 4) is 0 Å². The van der Waals surface area contributed by atoms with Gasteiger partial charge in [-0.05, 0) is 12.5 Å². The average molecular weight is 239 g/mol. The number of pyridine rings is 1. The van der Waals surface area contributed by atoms with Crippen LogP contribution in [0.3, 0.4) is 0 Å². The predicted molar refractivity (Wildman–Crippen MR) is 60.8 cm³/mol. The van der Waals surface area contributed by atoms with Crippen LogP contribution in [0, 0.1) is 17.0 Å². The minimum atomic E-state index is -0.502. The van der Waals surface area contributed by atoms with Gasteiger partial charge in [0.15, 0.2) is 0 Å². The molecule has 0 bridgehead atoms. The molecule has 0 amide bonds. The third kappa shape index (κ3) is 3.71. The van der Waals surface area contributed by atoms with Gasteiger partial charge in [-0.2, -0.15) is 0 Å². The molecule has 0 atom stereocenters. The van der Waals surface area contributed by atoms with Gasteiger partial charge in [-0.3, -0.25) is 14.9 Å². The third-order valence-corrected chi connectivity index (χ3v) is 2.12. The van der Waals surface area contributed by atoms with E-state index in [4.69, 9.17) is 0 Å². The highest BCUT2D eigenvalue weighted by Crippen LogP contribution is 2.17. The monoisotopic (exact) mass is 239 g/mol. The van der Waals surface area contributed by atoms with Crippen LogP contribution in [0.2, 0.25) is 0 Å². The SMILES string of the molecule is COC(=O)CCNc1ncc([N+](=O)[O-])cc1C. The Bertz CT molecular complexity index is 434. The van der Waals surface area contributed by atoms with Crippen LogP contribution in [0.5, 0.6) is 0 Å². The van der Waals surface area contributed by atoms with Crippen LogP contribution in [0.1, 0.15) is 12.0 Å². The number of esters is 1. The lowest BCUT2D eigenvalue weighted by molar-refractivity contribution is -0.385. The Hall–Kier alpha value is -2.18. The van der Waals surface area contributed by atoms with E-state index in [1.54, 1.807) is 6.92 Å². The van der Waals surface area contributed by atoms with Crippen LogP contribution >= 0.6 is 0 Å². The van der Waals surface area contributed by atoms with Crippen molar-refractivity contribution in [2.75, 3.05) is 19.0 Å². The minimum absolute atomic E-state index is 0.0546. The number of nitrogens with one attached hydrogen (secondary N) is 1. The Morgan fingerprint density at radius 1 is 1.65 bits per heavy atom. The normalized spacial score (nSPS) is 9.76. The maximum Gasteiger partial charge on any atom is 0.307 e. The molecule has 0 radical (unpaired) electrons. The maximum absolute atomic E-state index is 10.9. The van der Waals surface area contributed by atoms with Crippen LogP contribution in [-0.2, 0) is 9.53 Å². The van der Waals surface area contributed by atoms with Gasteiger partial charge in [0.2, 0.25) is 0 Å². The van der Waals surface area contributed by atoms with E-state index in [0.29, 0.717) is 17.9 Å². The summed E-state index contributed by atoms with van der Waals surface area (Å²) in [5.41, 5.74) is 0.602. The predicted octanol–water partition coefficient (Wildman–Crippen LogP) is 1.27. The summed E-state index contributed by atoms with van der Waals surface area (Å²) in [4.78, 5) is 24.8. The highest BCUT2D eigenvalue weighted by Gasteiger charge is 2.09. The van der Waals surface area contributed by atoms with Crippen LogP contribution in [0.4, 0.5) is 11.5 Å². The van der Waals surface area contributed by atoms with Gasteiger partial charge in [0.25, 0.3) is 5.69 Å². The third-order valence-electron chi connectivity index (χ3n) is 2.12. The number of nitro groups is 1. The summed E-state index contributed by atoms with van der Waals surface area (Å²) in [6, 6.07) is 1.42. The standard InChI is InChI=1S/C10H13N3O4/c1-7-5-8(13(15)16)6-12-10(7)11-4-3-9(14)17-2/h5-6H,3-4H2,1-2H3,(H,11,12).